The first-order valence-corrected chi connectivity index (χ1v) is 22.3. The van der Waals surface area contributed by atoms with Crippen LogP contribution in [0.5, 0.6) is 5.75 Å². The van der Waals surface area contributed by atoms with Gasteiger partial charge in [0, 0.05) is 22.8 Å². The van der Waals surface area contributed by atoms with E-state index in [2.05, 4.69) is 15.8 Å². The highest BCUT2D eigenvalue weighted by Crippen LogP contribution is 2.42. The molecule has 2 aliphatic rings. The van der Waals surface area contributed by atoms with E-state index in [0.717, 1.165) is 21.6 Å². The molecule has 4 aromatic carbocycles. The second kappa shape index (κ2) is 20.2. The number of ether oxygens (including phenoxy) is 4. The Balaban J connectivity index is 1.16. The molecule has 0 saturated carbocycles. The Bertz CT molecular complexity index is 2510. The van der Waals surface area contributed by atoms with Crippen LogP contribution in [-0.4, -0.2) is 82.7 Å². The van der Waals surface area contributed by atoms with Crippen LogP contribution < -0.4 is 15.4 Å². The fourth-order valence-electron chi connectivity index (χ4n) is 6.95. The largest absolute Gasteiger partial charge is 0.535 e. The zero-order valence-corrected chi connectivity index (χ0v) is 37.3. The fourth-order valence-corrected chi connectivity index (χ4v) is 9.03. The standard InChI is InChI=1S/C47H44FN5O10S2/c1-5-59-45(58)63-52-36(35-27-65-44(49-35)51-47(30-16-9-6-10-17-30,31-18-11-7-12-19-31)32-20-13-8-14-21-32)39(54)50-37-40(55)53-38(42(56)61-28-62-43(57)46(2,3)4)29(26-64-41(37)53)25-60-34-23-15-22-33(48)24-34/h6-24,27,37,41H,5,25-26,28H2,1-4H3,(H,49,51)(H,50,54)/b52-36-/t37?,41-/m1/s1. The highest BCUT2D eigenvalue weighted by Gasteiger charge is 2.55. The summed E-state index contributed by atoms with van der Waals surface area (Å²) in [7, 11) is 0. The van der Waals surface area contributed by atoms with E-state index in [1.807, 2.05) is 91.0 Å². The van der Waals surface area contributed by atoms with E-state index in [-0.39, 0.29) is 36.1 Å². The van der Waals surface area contributed by atoms with Gasteiger partial charge in [-0.15, -0.1) is 23.1 Å². The van der Waals surface area contributed by atoms with E-state index in [4.69, 9.17) is 28.8 Å². The third kappa shape index (κ3) is 10.3. The van der Waals surface area contributed by atoms with Crippen molar-refractivity contribution < 1.29 is 52.1 Å². The molecule has 5 aromatic rings. The minimum Gasteiger partial charge on any atom is -0.489 e. The number of fused-ring (bicyclic) bond motifs is 1. The summed E-state index contributed by atoms with van der Waals surface area (Å²) >= 11 is 2.39. The van der Waals surface area contributed by atoms with Crippen molar-refractivity contribution in [3.05, 3.63) is 160 Å². The molecule has 0 bridgehead atoms. The summed E-state index contributed by atoms with van der Waals surface area (Å²) in [6, 6.07) is 33.6. The Morgan fingerprint density at radius 2 is 1.49 bits per heavy atom. The lowest BCUT2D eigenvalue weighted by atomic mass is 9.77. The number of oxime groups is 1. The number of hydrogen-bond acceptors (Lipinski definition) is 15. The number of esters is 2. The number of anilines is 1. The minimum atomic E-state index is -1.20. The van der Waals surface area contributed by atoms with Crippen molar-refractivity contribution in [3.8, 4) is 5.75 Å². The third-order valence-corrected chi connectivity index (χ3v) is 12.2. The smallest absolute Gasteiger partial charge is 0.489 e. The van der Waals surface area contributed by atoms with Gasteiger partial charge < -0.3 is 29.6 Å². The van der Waals surface area contributed by atoms with E-state index >= 15 is 0 Å². The number of nitrogens with one attached hydrogen (secondary N) is 2. The number of carbonyl (C=O) groups is 5. The van der Waals surface area contributed by atoms with E-state index in [1.54, 1.807) is 33.1 Å². The van der Waals surface area contributed by atoms with Crippen LogP contribution in [0.25, 0.3) is 0 Å². The Hall–Kier alpha value is -7.05. The number of thiazole rings is 1. The van der Waals surface area contributed by atoms with Crippen molar-refractivity contribution >= 4 is 63.9 Å². The zero-order valence-electron chi connectivity index (χ0n) is 35.6. The first kappa shape index (κ1) is 46.0. The first-order chi connectivity index (χ1) is 31.3. The highest BCUT2D eigenvalue weighted by atomic mass is 32.2. The zero-order chi connectivity index (χ0) is 46.1. The van der Waals surface area contributed by atoms with Gasteiger partial charge in [0.15, 0.2) is 10.8 Å². The van der Waals surface area contributed by atoms with E-state index < -0.39 is 70.6 Å². The molecule has 2 amide bonds. The van der Waals surface area contributed by atoms with Gasteiger partial charge in [-0.3, -0.25) is 24.1 Å². The predicted molar refractivity (Wildman–Crippen MR) is 240 cm³/mol. The second-order valence-corrected chi connectivity index (χ2v) is 17.5. The molecule has 1 aromatic heterocycles. The Kier molecular flexibility index (Phi) is 14.3. The SMILES string of the molecule is CCOC(=O)O/N=C(\C(=O)NC1C(=O)N2C(C(=O)OCOC(=O)C(C)(C)C)=C(COc3cccc(F)c3)CS[C@H]12)c1csc(NC(c2ccccc2)(c2ccccc2)c2ccccc2)n1. The molecule has 2 N–H and O–H groups in total. The number of amides is 2. The lowest BCUT2D eigenvalue weighted by molar-refractivity contribution is -0.173. The maximum Gasteiger partial charge on any atom is 0.535 e. The van der Waals surface area contributed by atoms with Crippen molar-refractivity contribution in [1.82, 2.24) is 15.2 Å². The molecule has 1 unspecified atom stereocenters. The van der Waals surface area contributed by atoms with E-state index in [0.29, 0.717) is 10.7 Å². The molecule has 3 heterocycles. The predicted octanol–water partition coefficient (Wildman–Crippen LogP) is 7.39. The Morgan fingerprint density at radius 1 is 0.862 bits per heavy atom. The number of aromatic nitrogens is 1. The number of nitrogens with zero attached hydrogens (tertiary/aromatic N) is 3. The first-order valence-electron chi connectivity index (χ1n) is 20.3. The van der Waals surface area contributed by atoms with Crippen LogP contribution in [0.3, 0.4) is 0 Å². The number of hydrogen-bond donors (Lipinski definition) is 2. The Labute approximate surface area is 381 Å². The molecule has 18 heteroatoms. The van der Waals surface area contributed by atoms with Gasteiger partial charge in [0.25, 0.3) is 11.8 Å². The molecule has 0 aliphatic carbocycles. The molecule has 15 nitrogen and oxygen atoms in total. The van der Waals surface area contributed by atoms with Crippen LogP contribution in [0, 0.1) is 11.2 Å². The van der Waals surface area contributed by atoms with Gasteiger partial charge in [-0.05, 0) is 56.5 Å². The fraction of sp³-hybridized carbons (Fsp3) is 0.255. The summed E-state index contributed by atoms with van der Waals surface area (Å²) < 4.78 is 35.1. The molecule has 2 atom stereocenters. The van der Waals surface area contributed by atoms with Crippen LogP contribution in [-0.2, 0) is 43.8 Å². The third-order valence-electron chi connectivity index (χ3n) is 10.1. The molecule has 0 radical (unpaired) electrons. The van der Waals surface area contributed by atoms with Crippen molar-refractivity contribution in [2.45, 2.75) is 44.6 Å². The molecular formula is C47H44FN5O10S2. The molecule has 1 fully saturated rings. The second-order valence-electron chi connectivity index (χ2n) is 15.5. The number of β-lactam (4-membered cyclic amide) rings is 1. The number of benzene rings is 4. The van der Waals surface area contributed by atoms with Crippen LogP contribution in [0.15, 0.2) is 137 Å². The quantitative estimate of drug-likeness (QED) is 0.0190. The number of carbonyl (C=O) groups excluding carboxylic acids is 5. The van der Waals surface area contributed by atoms with Gasteiger partial charge in [0.05, 0.1) is 12.0 Å². The minimum absolute atomic E-state index is 0.00746. The molecule has 2 aliphatic heterocycles. The van der Waals surface area contributed by atoms with Crippen LogP contribution in [0.2, 0.25) is 0 Å². The van der Waals surface area contributed by atoms with Gasteiger partial charge in [-0.1, -0.05) is 102 Å². The summed E-state index contributed by atoms with van der Waals surface area (Å²) in [6.45, 7) is 5.49. The van der Waals surface area contributed by atoms with E-state index in [9.17, 15) is 28.4 Å². The lowest BCUT2D eigenvalue weighted by Gasteiger charge is -2.49. The van der Waals surface area contributed by atoms with Crippen LogP contribution in [0.1, 0.15) is 50.1 Å². The molecule has 336 valence electrons. The van der Waals surface area contributed by atoms with E-state index in [1.165, 1.54) is 47.4 Å². The number of thioether (sulfide) groups is 1. The molecular weight excluding hydrogens is 878 g/mol. The maximum atomic E-state index is 14.2. The summed E-state index contributed by atoms with van der Waals surface area (Å²) in [5.41, 5.74) is 0.559. The van der Waals surface area contributed by atoms with Crippen LogP contribution >= 0.6 is 23.1 Å². The summed E-state index contributed by atoms with van der Waals surface area (Å²) in [4.78, 5) is 77.6. The molecule has 7 rings (SSSR count). The number of halogens is 1. The molecule has 65 heavy (non-hydrogen) atoms. The maximum absolute atomic E-state index is 14.2. The van der Waals surface area contributed by atoms with Gasteiger partial charge in [0.2, 0.25) is 6.79 Å². The van der Waals surface area contributed by atoms with Crippen molar-refractivity contribution in [2.75, 3.05) is 31.1 Å². The summed E-state index contributed by atoms with van der Waals surface area (Å²) in [6.07, 6.45) is -1.18. The van der Waals surface area contributed by atoms with Crippen LogP contribution in [0.4, 0.5) is 14.3 Å². The number of rotatable bonds is 16. The van der Waals surface area contributed by atoms with Gasteiger partial charge in [-0.2, -0.15) is 0 Å². The van der Waals surface area contributed by atoms with Crippen molar-refractivity contribution in [3.63, 3.8) is 0 Å². The summed E-state index contributed by atoms with van der Waals surface area (Å²) in [5, 5.41) is 11.3. The average molecular weight is 922 g/mol. The molecule has 1 saturated heterocycles. The lowest BCUT2D eigenvalue weighted by Crippen LogP contribution is -2.71. The van der Waals surface area contributed by atoms with Gasteiger partial charge >= 0.3 is 18.1 Å². The van der Waals surface area contributed by atoms with Gasteiger partial charge in [-0.25, -0.2) is 19.0 Å². The average Bonchev–Trinajstić information content (AvgIpc) is 3.77. The van der Waals surface area contributed by atoms with Crippen molar-refractivity contribution in [1.29, 1.82) is 0 Å². The summed E-state index contributed by atoms with van der Waals surface area (Å²) in [5.74, 6) is -3.45. The topological polar surface area (TPSA) is 184 Å². The monoisotopic (exact) mass is 921 g/mol. The normalized spacial score (nSPS) is 16.1. The van der Waals surface area contributed by atoms with Gasteiger partial charge in [0.1, 0.15) is 46.5 Å². The van der Waals surface area contributed by atoms with Crippen molar-refractivity contribution in [2.24, 2.45) is 10.6 Å². The highest BCUT2D eigenvalue weighted by molar-refractivity contribution is 8.00. The Morgan fingerprint density at radius 3 is 2.08 bits per heavy atom. The molecule has 0 spiro atoms.